The van der Waals surface area contributed by atoms with E-state index >= 15 is 0 Å². The molecule has 1 heterocycles. The van der Waals surface area contributed by atoms with Crippen LogP contribution in [0.15, 0.2) is 36.4 Å². The average Bonchev–Trinajstić information content (AvgIpc) is 2.90. The minimum absolute atomic E-state index is 0.174. The molecule has 3 rings (SSSR count). The molecule has 2 aromatic carbocycles. The van der Waals surface area contributed by atoms with Crippen LogP contribution in [-0.4, -0.2) is 18.4 Å². The molecule has 0 unspecified atom stereocenters. The summed E-state index contributed by atoms with van der Waals surface area (Å²) in [6.45, 7) is 0.886. The number of carbonyl (C=O) groups is 2. The van der Waals surface area contributed by atoms with Crippen LogP contribution in [0.1, 0.15) is 25.6 Å². The number of benzene rings is 2. The Balaban J connectivity index is 1.78. The normalized spacial score (nSPS) is 10.9. The highest BCUT2D eigenvalue weighted by Crippen LogP contribution is 2.33. The smallest absolute Gasteiger partial charge is 0.349 e. The topological polar surface area (TPSA) is 43.4 Å². The van der Waals surface area contributed by atoms with E-state index in [1.54, 1.807) is 13.0 Å². The van der Waals surface area contributed by atoms with E-state index in [0.717, 1.165) is 23.5 Å². The number of rotatable bonds is 4. The van der Waals surface area contributed by atoms with Crippen molar-refractivity contribution in [2.75, 3.05) is 6.61 Å². The van der Waals surface area contributed by atoms with Gasteiger partial charge in [-0.1, -0.05) is 6.07 Å². The highest BCUT2D eigenvalue weighted by atomic mass is 32.1. The van der Waals surface area contributed by atoms with Gasteiger partial charge in [-0.3, -0.25) is 4.79 Å². The summed E-state index contributed by atoms with van der Waals surface area (Å²) < 4.78 is 45.8. The van der Waals surface area contributed by atoms with Crippen molar-refractivity contribution in [1.82, 2.24) is 0 Å². The maximum Gasteiger partial charge on any atom is 0.349 e. The zero-order valence-corrected chi connectivity index (χ0v) is 13.8. The highest BCUT2D eigenvalue weighted by Gasteiger charge is 2.21. The van der Waals surface area contributed by atoms with Crippen molar-refractivity contribution in [2.45, 2.75) is 6.92 Å². The minimum Gasteiger partial charge on any atom is -0.453 e. The Bertz CT molecular complexity index is 995. The lowest BCUT2D eigenvalue weighted by Crippen LogP contribution is -2.15. The van der Waals surface area contributed by atoms with Crippen molar-refractivity contribution in [3.63, 3.8) is 0 Å². The van der Waals surface area contributed by atoms with Gasteiger partial charge in [0, 0.05) is 16.2 Å². The van der Waals surface area contributed by atoms with Crippen molar-refractivity contribution >= 4 is 33.2 Å². The first kappa shape index (κ1) is 17.2. The van der Waals surface area contributed by atoms with Crippen LogP contribution in [0.5, 0.6) is 0 Å². The Labute approximate surface area is 144 Å². The summed E-state index contributed by atoms with van der Waals surface area (Å²) >= 11 is 1.05. The second-order valence-corrected chi connectivity index (χ2v) is 6.34. The zero-order chi connectivity index (χ0) is 18.1. The van der Waals surface area contributed by atoms with E-state index in [0.29, 0.717) is 21.7 Å². The van der Waals surface area contributed by atoms with Crippen LogP contribution in [0.3, 0.4) is 0 Å². The molecular formula is C18H11F3O3S. The van der Waals surface area contributed by atoms with Crippen molar-refractivity contribution in [1.29, 1.82) is 0 Å². The van der Waals surface area contributed by atoms with Gasteiger partial charge in [-0.2, -0.15) is 0 Å². The molecule has 0 saturated carbocycles. The van der Waals surface area contributed by atoms with E-state index in [1.807, 2.05) is 0 Å². The highest BCUT2D eigenvalue weighted by molar-refractivity contribution is 7.21. The van der Waals surface area contributed by atoms with Gasteiger partial charge in [-0.05, 0) is 36.8 Å². The predicted octanol–water partition coefficient (Wildman–Crippen LogP) is 4.67. The van der Waals surface area contributed by atoms with E-state index in [2.05, 4.69) is 0 Å². The van der Waals surface area contributed by atoms with Crippen LogP contribution in [0, 0.1) is 24.4 Å². The predicted molar refractivity (Wildman–Crippen MR) is 87.5 cm³/mol. The summed E-state index contributed by atoms with van der Waals surface area (Å²) in [5.41, 5.74) is 0.0526. The SMILES string of the molecule is Cc1c(C(=O)OCC(=O)c2ccc(F)cc2F)sc2cccc(F)c12. The standard InChI is InChI=1S/C18H11F3O3S/c1-9-16-12(20)3-2-4-15(16)25-17(9)18(23)24-8-14(22)11-6-5-10(19)7-13(11)21/h2-7H,8H2,1H3. The molecule has 7 heteroatoms. The Hall–Kier alpha value is -2.67. The lowest BCUT2D eigenvalue weighted by molar-refractivity contribution is 0.0478. The number of aryl methyl sites for hydroxylation is 1. The summed E-state index contributed by atoms with van der Waals surface area (Å²) in [5.74, 6) is -3.88. The molecule has 25 heavy (non-hydrogen) atoms. The molecule has 0 amide bonds. The molecule has 0 N–H and O–H groups in total. The van der Waals surface area contributed by atoms with Crippen LogP contribution < -0.4 is 0 Å². The number of hydrogen-bond donors (Lipinski definition) is 0. The summed E-state index contributed by atoms with van der Waals surface area (Å²) in [4.78, 5) is 24.3. The maximum atomic E-state index is 13.9. The number of esters is 1. The van der Waals surface area contributed by atoms with Gasteiger partial charge < -0.3 is 4.74 Å². The Morgan fingerprint density at radius 1 is 1.08 bits per heavy atom. The molecule has 128 valence electrons. The number of thiophene rings is 1. The molecule has 0 saturated heterocycles. The molecule has 3 aromatic rings. The molecule has 0 aliphatic rings. The fourth-order valence-electron chi connectivity index (χ4n) is 2.44. The fraction of sp³-hybridized carbons (Fsp3) is 0.111. The third-order valence-corrected chi connectivity index (χ3v) is 4.89. The van der Waals surface area contributed by atoms with Crippen LogP contribution in [-0.2, 0) is 4.74 Å². The largest absolute Gasteiger partial charge is 0.453 e. The number of Topliss-reactive ketones (excluding diaryl/α,β-unsaturated/α-hetero) is 1. The Morgan fingerprint density at radius 2 is 1.84 bits per heavy atom. The van der Waals surface area contributed by atoms with Gasteiger partial charge in [-0.25, -0.2) is 18.0 Å². The van der Waals surface area contributed by atoms with Crippen LogP contribution >= 0.6 is 11.3 Å². The molecular weight excluding hydrogens is 353 g/mol. The maximum absolute atomic E-state index is 13.9. The first-order chi connectivity index (χ1) is 11.9. The average molecular weight is 364 g/mol. The van der Waals surface area contributed by atoms with Gasteiger partial charge in [-0.15, -0.1) is 11.3 Å². The van der Waals surface area contributed by atoms with Gasteiger partial charge in [0.25, 0.3) is 0 Å². The number of carbonyl (C=O) groups excluding carboxylic acids is 2. The molecule has 3 nitrogen and oxygen atoms in total. The molecule has 0 fully saturated rings. The minimum atomic E-state index is -1.03. The first-order valence-corrected chi connectivity index (χ1v) is 8.03. The van der Waals surface area contributed by atoms with E-state index in [9.17, 15) is 22.8 Å². The molecule has 0 radical (unpaired) electrons. The van der Waals surface area contributed by atoms with Gasteiger partial charge in [0.05, 0.1) is 5.56 Å². The Morgan fingerprint density at radius 3 is 2.52 bits per heavy atom. The van der Waals surface area contributed by atoms with Gasteiger partial charge in [0.2, 0.25) is 5.78 Å². The Kier molecular flexibility index (Phi) is 4.59. The monoisotopic (exact) mass is 364 g/mol. The van der Waals surface area contributed by atoms with E-state index in [1.165, 1.54) is 12.1 Å². The van der Waals surface area contributed by atoms with Crippen molar-refractivity contribution in [3.05, 3.63) is 69.9 Å². The van der Waals surface area contributed by atoms with Crippen LogP contribution in [0.25, 0.3) is 10.1 Å². The lowest BCUT2D eigenvalue weighted by Gasteiger charge is -2.05. The summed E-state index contributed by atoms with van der Waals surface area (Å²) in [7, 11) is 0. The van der Waals surface area contributed by atoms with E-state index in [-0.39, 0.29) is 10.4 Å². The number of hydrogen-bond acceptors (Lipinski definition) is 4. The van der Waals surface area contributed by atoms with Crippen LogP contribution in [0.4, 0.5) is 13.2 Å². The van der Waals surface area contributed by atoms with Crippen molar-refractivity contribution < 1.29 is 27.5 Å². The molecule has 1 aromatic heterocycles. The molecule has 0 spiro atoms. The number of ether oxygens (including phenoxy) is 1. The zero-order valence-electron chi connectivity index (χ0n) is 12.9. The first-order valence-electron chi connectivity index (χ1n) is 7.21. The molecule has 0 aliphatic carbocycles. The molecule has 0 aliphatic heterocycles. The van der Waals surface area contributed by atoms with Gasteiger partial charge >= 0.3 is 5.97 Å². The van der Waals surface area contributed by atoms with Crippen molar-refractivity contribution in [2.24, 2.45) is 0 Å². The molecule has 0 atom stereocenters. The third-order valence-electron chi connectivity index (χ3n) is 3.65. The van der Waals surface area contributed by atoms with Crippen molar-refractivity contribution in [3.8, 4) is 0 Å². The summed E-state index contributed by atoms with van der Waals surface area (Å²) in [6.07, 6.45) is 0. The quantitative estimate of drug-likeness (QED) is 0.499. The summed E-state index contributed by atoms with van der Waals surface area (Å²) in [6, 6.07) is 7.00. The van der Waals surface area contributed by atoms with Gasteiger partial charge in [0.15, 0.2) is 6.61 Å². The number of ketones is 1. The molecule has 0 bridgehead atoms. The van der Waals surface area contributed by atoms with E-state index in [4.69, 9.17) is 4.74 Å². The third kappa shape index (κ3) is 3.28. The van der Waals surface area contributed by atoms with E-state index < -0.39 is 35.8 Å². The number of halogens is 3. The lowest BCUT2D eigenvalue weighted by atomic mass is 10.1. The van der Waals surface area contributed by atoms with Crippen LogP contribution in [0.2, 0.25) is 0 Å². The second kappa shape index (κ2) is 6.68. The second-order valence-electron chi connectivity index (χ2n) is 5.29. The fourth-order valence-corrected chi connectivity index (χ4v) is 3.55. The van der Waals surface area contributed by atoms with Gasteiger partial charge in [0.1, 0.15) is 22.3 Å². The number of fused-ring (bicyclic) bond motifs is 1. The summed E-state index contributed by atoms with van der Waals surface area (Å²) in [5, 5.41) is 0.329.